The van der Waals surface area contributed by atoms with Crippen LogP contribution in [0.15, 0.2) is 41.8 Å². The fourth-order valence-corrected chi connectivity index (χ4v) is 4.13. The minimum atomic E-state index is -1.50. The van der Waals surface area contributed by atoms with E-state index < -0.39 is 33.9 Å². The van der Waals surface area contributed by atoms with Crippen molar-refractivity contribution in [2.24, 2.45) is 0 Å². The number of nitrogens with one attached hydrogen (secondary N) is 3. The molecular weight excluding hydrogens is 466 g/mol. The number of nitrogen functional groups attached to an aromatic ring is 1. The van der Waals surface area contributed by atoms with Crippen LogP contribution in [0.2, 0.25) is 0 Å². The molecule has 0 aliphatic carbocycles. The average molecular weight is 492 g/mol. The van der Waals surface area contributed by atoms with Crippen molar-refractivity contribution in [1.29, 1.82) is 5.41 Å². The van der Waals surface area contributed by atoms with Gasteiger partial charge in [0.25, 0.3) is 0 Å². The fraction of sp³-hybridized carbons (Fsp3) is 0.208. The maximum atomic E-state index is 14.5. The van der Waals surface area contributed by atoms with Gasteiger partial charge in [0.15, 0.2) is 23.3 Å². The van der Waals surface area contributed by atoms with E-state index in [1.54, 1.807) is 0 Å². The van der Waals surface area contributed by atoms with Crippen LogP contribution in [0.5, 0.6) is 0 Å². The molecule has 5 nitrogen and oxygen atoms in total. The van der Waals surface area contributed by atoms with Gasteiger partial charge < -0.3 is 20.3 Å². The Morgan fingerprint density at radius 3 is 2.38 bits per heavy atom. The van der Waals surface area contributed by atoms with Crippen molar-refractivity contribution in [3.05, 3.63) is 82.7 Å². The molecule has 34 heavy (non-hydrogen) atoms. The molecule has 0 unspecified atom stereocenters. The minimum absolute atomic E-state index is 0.129. The van der Waals surface area contributed by atoms with E-state index >= 15 is 0 Å². The third kappa shape index (κ3) is 4.91. The quantitative estimate of drug-likeness (QED) is 0.0719. The smallest absolute Gasteiger partial charge is 0.186 e. The highest BCUT2D eigenvalue weighted by Crippen LogP contribution is 2.36. The first-order valence-electron chi connectivity index (χ1n) is 10.3. The first-order valence-corrected chi connectivity index (χ1v) is 11.1. The summed E-state index contributed by atoms with van der Waals surface area (Å²) in [5.74, 6) is -5.97. The molecule has 3 rings (SSSR count). The molecule has 0 radical (unpaired) electrons. The highest BCUT2D eigenvalue weighted by Gasteiger charge is 2.27. The second-order valence-electron chi connectivity index (χ2n) is 7.87. The van der Waals surface area contributed by atoms with Gasteiger partial charge in [-0.25, -0.2) is 17.6 Å². The molecule has 1 heterocycles. The molecule has 0 aliphatic heterocycles. The summed E-state index contributed by atoms with van der Waals surface area (Å²) in [6, 6.07) is 6.47. The van der Waals surface area contributed by atoms with Gasteiger partial charge in [-0.2, -0.15) is 0 Å². The third-order valence-electron chi connectivity index (χ3n) is 5.25. The molecule has 0 bridgehead atoms. The molecule has 180 valence electrons. The van der Waals surface area contributed by atoms with E-state index in [9.17, 15) is 17.6 Å². The number of hydrogen-bond donors (Lipinski definition) is 4. The van der Waals surface area contributed by atoms with E-state index in [1.807, 2.05) is 19.1 Å². The predicted octanol–water partition coefficient (Wildman–Crippen LogP) is 6.18. The van der Waals surface area contributed by atoms with E-state index in [4.69, 9.17) is 11.1 Å². The molecule has 0 atom stereocenters. The lowest BCUT2D eigenvalue weighted by Gasteiger charge is -2.17. The summed E-state index contributed by atoms with van der Waals surface area (Å²) in [5, 5.41) is 8.59. The standard InChI is InChI=1S/C24H25F4N5S/c1-5-6-7-13-10-17(31-12(13)2)22(30)15-11-14(8-9-16(15)29)32-34-24-20(27)18(25)23(33(3)4)19(26)21(24)28/h5,8-11,30-32H,1,6-7,29H2,2-4H3. The number of benzene rings is 2. The number of allylic oxidation sites excluding steroid dienone is 1. The van der Waals surface area contributed by atoms with Crippen molar-refractivity contribution >= 4 is 34.7 Å². The SMILES string of the molecule is C=CCCc1cc(C(=N)c2cc(NSc3c(F)c(F)c(N(C)C)c(F)c3F)ccc2N)[nH]c1C. The van der Waals surface area contributed by atoms with E-state index in [0.717, 1.165) is 29.0 Å². The van der Waals surface area contributed by atoms with Crippen LogP contribution in [0, 0.1) is 35.6 Å². The molecule has 1 aromatic heterocycles. The lowest BCUT2D eigenvalue weighted by molar-refractivity contribution is 0.427. The van der Waals surface area contributed by atoms with Crippen molar-refractivity contribution in [1.82, 2.24) is 4.98 Å². The lowest BCUT2D eigenvalue weighted by atomic mass is 10.0. The maximum absolute atomic E-state index is 14.5. The van der Waals surface area contributed by atoms with Crippen LogP contribution >= 0.6 is 11.9 Å². The molecule has 0 saturated carbocycles. The molecule has 2 aromatic carbocycles. The molecule has 0 aliphatic rings. The first-order chi connectivity index (χ1) is 16.1. The number of nitrogens with zero attached hydrogens (tertiary/aromatic N) is 1. The molecule has 0 amide bonds. The molecule has 0 spiro atoms. The largest absolute Gasteiger partial charge is 0.398 e. The minimum Gasteiger partial charge on any atom is -0.398 e. The zero-order chi connectivity index (χ0) is 25.2. The number of nitrogens with two attached hydrogens (primary N) is 1. The molecular formula is C24H25F4N5S. The monoisotopic (exact) mass is 491 g/mol. The van der Waals surface area contributed by atoms with Gasteiger partial charge in [0, 0.05) is 36.7 Å². The summed E-state index contributed by atoms with van der Waals surface area (Å²) in [4.78, 5) is 3.29. The number of H-pyrrole nitrogens is 1. The van der Waals surface area contributed by atoms with Crippen molar-refractivity contribution < 1.29 is 17.6 Å². The third-order valence-corrected chi connectivity index (χ3v) is 6.15. The van der Waals surface area contributed by atoms with Gasteiger partial charge in [0.05, 0.1) is 11.4 Å². The predicted molar refractivity (Wildman–Crippen MR) is 131 cm³/mol. The van der Waals surface area contributed by atoms with E-state index in [0.29, 0.717) is 34.6 Å². The van der Waals surface area contributed by atoms with E-state index in [1.165, 1.54) is 32.3 Å². The Morgan fingerprint density at radius 2 is 1.79 bits per heavy atom. The Bertz CT molecular complexity index is 1220. The van der Waals surface area contributed by atoms with Crippen LogP contribution in [-0.4, -0.2) is 24.8 Å². The number of rotatable bonds is 9. The van der Waals surface area contributed by atoms with Gasteiger partial charge in [0.1, 0.15) is 10.6 Å². The van der Waals surface area contributed by atoms with Crippen molar-refractivity contribution in [3.8, 4) is 0 Å². The zero-order valence-corrected chi connectivity index (χ0v) is 19.8. The summed E-state index contributed by atoms with van der Waals surface area (Å²) < 4.78 is 60.2. The number of anilines is 3. The maximum Gasteiger partial charge on any atom is 0.186 e. The Labute approximate surface area is 199 Å². The second kappa shape index (κ2) is 10.3. The van der Waals surface area contributed by atoms with Crippen LogP contribution in [0.1, 0.15) is 28.9 Å². The summed E-state index contributed by atoms with van der Waals surface area (Å²) in [6.07, 6.45) is 3.40. The lowest BCUT2D eigenvalue weighted by Crippen LogP contribution is -2.16. The summed E-state index contributed by atoms with van der Waals surface area (Å²) >= 11 is 0.386. The number of aryl methyl sites for hydroxylation is 2. The Hall–Kier alpha value is -3.40. The highest BCUT2D eigenvalue weighted by atomic mass is 32.2. The van der Waals surface area contributed by atoms with E-state index in [2.05, 4.69) is 16.3 Å². The number of aromatic nitrogens is 1. The topological polar surface area (TPSA) is 80.9 Å². The van der Waals surface area contributed by atoms with Crippen LogP contribution in [0.25, 0.3) is 0 Å². The zero-order valence-electron chi connectivity index (χ0n) is 19.0. The second-order valence-corrected chi connectivity index (χ2v) is 8.69. The van der Waals surface area contributed by atoms with Crippen LogP contribution in [0.4, 0.5) is 34.6 Å². The Balaban J connectivity index is 1.87. The average Bonchev–Trinajstić information content (AvgIpc) is 3.17. The van der Waals surface area contributed by atoms with E-state index in [-0.39, 0.29) is 5.71 Å². The fourth-order valence-electron chi connectivity index (χ4n) is 3.43. The van der Waals surface area contributed by atoms with Crippen LogP contribution in [0.3, 0.4) is 0 Å². The van der Waals surface area contributed by atoms with Crippen molar-refractivity contribution in [3.63, 3.8) is 0 Å². The van der Waals surface area contributed by atoms with Gasteiger partial charge in [-0.05, 0) is 61.5 Å². The normalized spacial score (nSPS) is 10.9. The van der Waals surface area contributed by atoms with Crippen LogP contribution in [-0.2, 0) is 6.42 Å². The van der Waals surface area contributed by atoms with Gasteiger partial charge in [-0.15, -0.1) is 6.58 Å². The number of hydrogen-bond acceptors (Lipinski definition) is 5. The molecule has 5 N–H and O–H groups in total. The van der Waals surface area contributed by atoms with Crippen molar-refractivity contribution in [2.75, 3.05) is 29.5 Å². The van der Waals surface area contributed by atoms with Gasteiger partial charge in [-0.1, -0.05) is 6.08 Å². The molecule has 0 saturated heterocycles. The first kappa shape index (κ1) is 25.2. The summed E-state index contributed by atoms with van der Waals surface area (Å²) in [5.41, 5.74) is 8.99. The Kier molecular flexibility index (Phi) is 7.61. The summed E-state index contributed by atoms with van der Waals surface area (Å²) in [6.45, 7) is 5.63. The van der Waals surface area contributed by atoms with Gasteiger partial charge >= 0.3 is 0 Å². The van der Waals surface area contributed by atoms with Gasteiger partial charge in [0.2, 0.25) is 0 Å². The number of halogens is 4. The van der Waals surface area contributed by atoms with Crippen LogP contribution < -0.4 is 15.4 Å². The molecule has 3 aromatic rings. The van der Waals surface area contributed by atoms with Crippen molar-refractivity contribution in [2.45, 2.75) is 24.7 Å². The summed E-state index contributed by atoms with van der Waals surface area (Å²) in [7, 11) is 2.56. The number of aromatic amines is 1. The molecule has 10 heteroatoms. The highest BCUT2D eigenvalue weighted by molar-refractivity contribution is 8.00. The molecule has 0 fully saturated rings. The Morgan fingerprint density at radius 1 is 1.15 bits per heavy atom. The van der Waals surface area contributed by atoms with Gasteiger partial charge in [-0.3, -0.25) is 5.41 Å².